The highest BCUT2D eigenvalue weighted by Crippen LogP contribution is 2.39. The van der Waals surface area contributed by atoms with Gasteiger partial charge in [-0.05, 0) is 86.9 Å². The number of nitrogens with zero attached hydrogens (tertiary/aromatic N) is 3. The van der Waals surface area contributed by atoms with Crippen LogP contribution in [0.5, 0.6) is 5.75 Å². The van der Waals surface area contributed by atoms with E-state index in [1.165, 1.54) is 54.9 Å². The van der Waals surface area contributed by atoms with Crippen LogP contribution in [0.1, 0.15) is 63.0 Å². The van der Waals surface area contributed by atoms with Gasteiger partial charge in [0.2, 0.25) is 10.0 Å². The van der Waals surface area contributed by atoms with Gasteiger partial charge in [-0.1, -0.05) is 18.6 Å². The second kappa shape index (κ2) is 13.5. The summed E-state index contributed by atoms with van der Waals surface area (Å²) in [7, 11) is -2.48. The van der Waals surface area contributed by atoms with Gasteiger partial charge in [-0.15, -0.1) is 0 Å². The third kappa shape index (κ3) is 7.20. The maximum absolute atomic E-state index is 14.2. The molecule has 3 aliphatic rings. The van der Waals surface area contributed by atoms with Crippen LogP contribution >= 0.6 is 0 Å². The van der Waals surface area contributed by atoms with Crippen LogP contribution in [0.4, 0.5) is 9.18 Å². The number of halogens is 1. The largest absolute Gasteiger partial charge is 0.497 e. The topological polar surface area (TPSA) is 91.4 Å². The number of sulfonamides is 1. The minimum Gasteiger partial charge on any atom is -0.497 e. The molecule has 3 heterocycles. The molecule has 0 unspecified atom stereocenters. The first-order chi connectivity index (χ1) is 19.8. The molecule has 3 fully saturated rings. The molecule has 1 amide bonds. The smallest absolute Gasteiger partial charge is 0.409 e. The number of hydrogen-bond donors (Lipinski definition) is 1. The summed E-state index contributed by atoms with van der Waals surface area (Å²) in [4.78, 5) is 14.9. The SMILES string of the molecule is COc1ccc(S(=O)(=O)N2[C@@H](COC(=O)N3CCC(NN4CCCCC4)CC3)CCC[C@H]2c2cccc(F)c2)cc1. The highest BCUT2D eigenvalue weighted by Gasteiger charge is 2.41. The van der Waals surface area contributed by atoms with Crippen molar-refractivity contribution in [3.05, 3.63) is 59.9 Å². The van der Waals surface area contributed by atoms with Crippen molar-refractivity contribution in [3.63, 3.8) is 0 Å². The highest BCUT2D eigenvalue weighted by atomic mass is 32.2. The lowest BCUT2D eigenvalue weighted by Gasteiger charge is -2.41. The van der Waals surface area contributed by atoms with Gasteiger partial charge in [0.25, 0.3) is 0 Å². The van der Waals surface area contributed by atoms with Crippen molar-refractivity contribution >= 4 is 16.1 Å². The number of nitrogens with one attached hydrogen (secondary N) is 1. The Bertz CT molecular complexity index is 1260. The quantitative estimate of drug-likeness (QED) is 0.478. The predicted molar refractivity (Wildman–Crippen MR) is 153 cm³/mol. The third-order valence-corrected chi connectivity index (χ3v) is 10.4. The maximum Gasteiger partial charge on any atom is 0.409 e. The molecule has 5 rings (SSSR count). The standard InChI is InChI=1S/C30H41FN4O5S/c1-39-27-11-13-28(14-12-27)41(37,38)35-26(9-6-10-29(35)23-7-5-8-24(31)21-23)22-40-30(36)33-19-15-25(16-20-33)32-34-17-3-2-4-18-34/h5,7-8,11-14,21,25-26,29,32H,2-4,6,9-10,15-20,22H2,1H3/t26-,29+/m1/s1. The zero-order valence-electron chi connectivity index (χ0n) is 23.7. The van der Waals surface area contributed by atoms with Crippen molar-refractivity contribution in [1.82, 2.24) is 19.6 Å². The number of amides is 1. The third-order valence-electron chi connectivity index (χ3n) is 8.42. The first-order valence-corrected chi connectivity index (χ1v) is 16.1. The monoisotopic (exact) mass is 588 g/mol. The Morgan fingerprint density at radius 2 is 1.68 bits per heavy atom. The molecule has 9 nitrogen and oxygen atoms in total. The van der Waals surface area contributed by atoms with Crippen LogP contribution in [0.2, 0.25) is 0 Å². The average Bonchev–Trinajstić information content (AvgIpc) is 3.00. The molecule has 0 aliphatic carbocycles. The van der Waals surface area contributed by atoms with E-state index in [0.29, 0.717) is 43.3 Å². The first kappa shape index (κ1) is 29.8. The molecule has 41 heavy (non-hydrogen) atoms. The lowest BCUT2D eigenvalue weighted by molar-refractivity contribution is 0.0488. The van der Waals surface area contributed by atoms with Gasteiger partial charge in [0, 0.05) is 32.2 Å². The zero-order valence-corrected chi connectivity index (χ0v) is 24.5. The van der Waals surface area contributed by atoms with Crippen molar-refractivity contribution in [2.75, 3.05) is 39.9 Å². The summed E-state index contributed by atoms with van der Waals surface area (Å²) in [6.45, 7) is 3.25. The van der Waals surface area contributed by atoms with E-state index in [1.807, 2.05) is 0 Å². The van der Waals surface area contributed by atoms with Crippen LogP contribution in [0.15, 0.2) is 53.4 Å². The Balaban J connectivity index is 1.27. The summed E-state index contributed by atoms with van der Waals surface area (Å²) in [6, 6.07) is 11.5. The molecule has 1 N–H and O–H groups in total. The molecule has 0 spiro atoms. The molecule has 2 aromatic carbocycles. The van der Waals surface area contributed by atoms with Gasteiger partial charge in [-0.2, -0.15) is 4.31 Å². The summed E-state index contributed by atoms with van der Waals surface area (Å²) in [5.41, 5.74) is 4.20. The average molecular weight is 589 g/mol. The fourth-order valence-corrected chi connectivity index (χ4v) is 8.05. The number of methoxy groups -OCH3 is 1. The van der Waals surface area contributed by atoms with E-state index in [1.54, 1.807) is 29.2 Å². The van der Waals surface area contributed by atoms with Crippen molar-refractivity contribution < 1.29 is 27.1 Å². The van der Waals surface area contributed by atoms with Crippen molar-refractivity contribution in [2.24, 2.45) is 0 Å². The Labute approximate surface area is 242 Å². The number of hydrogen-bond acceptors (Lipinski definition) is 7. The molecular weight excluding hydrogens is 547 g/mol. The normalized spacial score (nSPS) is 23.3. The van der Waals surface area contributed by atoms with Gasteiger partial charge in [-0.25, -0.2) is 22.6 Å². The summed E-state index contributed by atoms with van der Waals surface area (Å²) in [5, 5.41) is 2.30. The summed E-state index contributed by atoms with van der Waals surface area (Å²) in [6.07, 6.45) is 6.78. The second-order valence-corrected chi connectivity index (χ2v) is 13.0. The minimum absolute atomic E-state index is 0.0635. The molecule has 3 aliphatic heterocycles. The van der Waals surface area contributed by atoms with E-state index in [9.17, 15) is 17.6 Å². The van der Waals surface area contributed by atoms with Crippen LogP contribution < -0.4 is 10.2 Å². The summed E-state index contributed by atoms with van der Waals surface area (Å²) >= 11 is 0. The van der Waals surface area contributed by atoms with Gasteiger partial charge >= 0.3 is 6.09 Å². The Kier molecular flexibility index (Phi) is 9.79. The van der Waals surface area contributed by atoms with E-state index < -0.39 is 34.0 Å². The molecule has 0 bridgehead atoms. The number of likely N-dealkylation sites (tertiary alicyclic amines) is 1. The van der Waals surface area contributed by atoms with E-state index in [2.05, 4.69) is 10.4 Å². The number of rotatable bonds is 8. The second-order valence-electron chi connectivity index (χ2n) is 11.2. The lowest BCUT2D eigenvalue weighted by Crippen LogP contribution is -2.52. The van der Waals surface area contributed by atoms with Gasteiger partial charge < -0.3 is 14.4 Å². The highest BCUT2D eigenvalue weighted by molar-refractivity contribution is 7.89. The fourth-order valence-electron chi connectivity index (χ4n) is 6.20. The Hall–Kier alpha value is -2.73. The zero-order chi connectivity index (χ0) is 28.8. The predicted octanol–water partition coefficient (Wildman–Crippen LogP) is 4.71. The van der Waals surface area contributed by atoms with Crippen LogP contribution in [0, 0.1) is 5.82 Å². The Morgan fingerprint density at radius 1 is 0.951 bits per heavy atom. The number of carbonyl (C=O) groups excluding carboxylic acids is 1. The Morgan fingerprint density at radius 3 is 2.37 bits per heavy atom. The van der Waals surface area contributed by atoms with E-state index in [0.717, 1.165) is 32.4 Å². The number of piperidine rings is 3. The maximum atomic E-state index is 14.2. The fraction of sp³-hybridized carbons (Fsp3) is 0.567. The van der Waals surface area contributed by atoms with E-state index in [-0.39, 0.29) is 11.5 Å². The number of ether oxygens (including phenoxy) is 2. The molecule has 0 radical (unpaired) electrons. The summed E-state index contributed by atoms with van der Waals surface area (Å²) < 4.78 is 54.7. The minimum atomic E-state index is -4.00. The number of hydrazine groups is 1. The number of carbonyl (C=O) groups is 1. The van der Waals surface area contributed by atoms with Crippen molar-refractivity contribution in [2.45, 2.75) is 74.4 Å². The molecular formula is C30H41FN4O5S. The first-order valence-electron chi connectivity index (χ1n) is 14.7. The van der Waals surface area contributed by atoms with Crippen molar-refractivity contribution in [1.29, 1.82) is 0 Å². The molecule has 224 valence electrons. The lowest BCUT2D eigenvalue weighted by atomic mass is 9.93. The van der Waals surface area contributed by atoms with Crippen LogP contribution in [-0.4, -0.2) is 80.7 Å². The molecule has 3 saturated heterocycles. The molecule has 2 atom stereocenters. The summed E-state index contributed by atoms with van der Waals surface area (Å²) in [5.74, 6) is 0.126. The molecule has 0 saturated carbocycles. The van der Waals surface area contributed by atoms with Gasteiger partial charge in [-0.3, -0.25) is 5.43 Å². The molecule has 11 heteroatoms. The van der Waals surface area contributed by atoms with Crippen LogP contribution in [-0.2, 0) is 14.8 Å². The number of benzene rings is 2. The van der Waals surface area contributed by atoms with Crippen LogP contribution in [0.3, 0.4) is 0 Å². The van der Waals surface area contributed by atoms with Gasteiger partial charge in [0.1, 0.15) is 18.2 Å². The van der Waals surface area contributed by atoms with E-state index in [4.69, 9.17) is 9.47 Å². The van der Waals surface area contributed by atoms with Gasteiger partial charge in [0.05, 0.1) is 24.1 Å². The van der Waals surface area contributed by atoms with Crippen LogP contribution in [0.25, 0.3) is 0 Å². The van der Waals surface area contributed by atoms with Gasteiger partial charge in [0.15, 0.2) is 0 Å². The molecule has 2 aromatic rings. The van der Waals surface area contributed by atoms with Crippen molar-refractivity contribution in [3.8, 4) is 5.75 Å². The molecule has 0 aromatic heterocycles. The van der Waals surface area contributed by atoms with E-state index >= 15 is 0 Å².